The number of nitrogens with two attached hydrogens (primary N) is 1. The lowest BCUT2D eigenvalue weighted by Gasteiger charge is -2.29. The van der Waals surface area contributed by atoms with Crippen LogP contribution in [0.4, 0.5) is 11.4 Å². The number of primary amides is 1. The first-order valence-electron chi connectivity index (χ1n) is 13.1. The molecule has 1 aliphatic rings. The van der Waals surface area contributed by atoms with Crippen LogP contribution in [0.15, 0.2) is 65.8 Å². The Hall–Kier alpha value is -4.88. The van der Waals surface area contributed by atoms with Crippen molar-refractivity contribution in [3.05, 3.63) is 87.9 Å². The quantitative estimate of drug-likeness (QED) is 0.229. The van der Waals surface area contributed by atoms with E-state index < -0.39 is 20.9 Å². The van der Waals surface area contributed by atoms with Gasteiger partial charge in [0.05, 0.1) is 34.1 Å². The number of amides is 1. The van der Waals surface area contributed by atoms with Crippen molar-refractivity contribution in [3.8, 4) is 11.1 Å². The second-order valence-corrected chi connectivity index (χ2v) is 11.9. The number of morpholine rings is 1. The van der Waals surface area contributed by atoms with E-state index in [2.05, 4.69) is 9.97 Å². The molecule has 1 amide bonds. The number of rotatable bonds is 6. The highest BCUT2D eigenvalue weighted by molar-refractivity contribution is 7.90. The number of hydrogen-bond donors (Lipinski definition) is 1. The van der Waals surface area contributed by atoms with Crippen molar-refractivity contribution in [2.45, 2.75) is 18.7 Å². The third-order valence-corrected chi connectivity index (χ3v) is 9.27. The highest BCUT2D eigenvalue weighted by Gasteiger charge is 2.29. The van der Waals surface area contributed by atoms with Gasteiger partial charge in [0.25, 0.3) is 10.0 Å². The van der Waals surface area contributed by atoms with Crippen LogP contribution in [0.1, 0.15) is 21.6 Å². The standard InChI is InChI=1S/C29H26N6O6S/c1-17-3-6-21(7-4-17)42(39,40)34-18(2)26(23-14-20(28(30)36)15-32-29(23)34)19-5-8-24-22(13-19)27(25(16-31-24)35(37)38)33-9-11-41-12-10-33/h3-8,13-16H,9-12H2,1-2H3,(H2,30,36). The number of pyridine rings is 2. The predicted molar refractivity (Wildman–Crippen MR) is 157 cm³/mol. The van der Waals surface area contributed by atoms with E-state index in [-0.39, 0.29) is 21.8 Å². The lowest BCUT2D eigenvalue weighted by molar-refractivity contribution is -0.384. The van der Waals surface area contributed by atoms with E-state index in [1.165, 1.54) is 30.6 Å². The maximum atomic E-state index is 14.0. The Morgan fingerprint density at radius 2 is 1.71 bits per heavy atom. The number of hydrogen-bond acceptors (Lipinski definition) is 9. The molecule has 2 N–H and O–H groups in total. The summed E-state index contributed by atoms with van der Waals surface area (Å²) in [4.78, 5) is 34.4. The van der Waals surface area contributed by atoms with Crippen LogP contribution in [0.2, 0.25) is 0 Å². The van der Waals surface area contributed by atoms with Crippen molar-refractivity contribution in [2.24, 2.45) is 5.73 Å². The topological polar surface area (TPSA) is 164 Å². The summed E-state index contributed by atoms with van der Waals surface area (Å²) in [5, 5.41) is 13.0. The molecule has 1 aliphatic heterocycles. The van der Waals surface area contributed by atoms with Crippen molar-refractivity contribution < 1.29 is 22.9 Å². The van der Waals surface area contributed by atoms with E-state index >= 15 is 0 Å². The number of benzene rings is 2. The Morgan fingerprint density at radius 3 is 2.38 bits per heavy atom. The smallest absolute Gasteiger partial charge is 0.311 e. The van der Waals surface area contributed by atoms with Gasteiger partial charge in [-0.25, -0.2) is 22.4 Å². The lowest BCUT2D eigenvalue weighted by atomic mass is 9.99. The Kier molecular flexibility index (Phi) is 6.62. The molecule has 2 aromatic carbocycles. The minimum atomic E-state index is -4.10. The van der Waals surface area contributed by atoms with Crippen molar-refractivity contribution in [3.63, 3.8) is 0 Å². The Labute approximate surface area is 240 Å². The minimum absolute atomic E-state index is 0.0772. The SMILES string of the molecule is Cc1ccc(S(=O)(=O)n2c(C)c(-c3ccc4ncc([N+](=O)[O-])c(N5CCOCC5)c4c3)c3cc(C(N)=O)cnc32)cc1. The van der Waals surface area contributed by atoms with Crippen LogP contribution in [0, 0.1) is 24.0 Å². The van der Waals surface area contributed by atoms with Crippen LogP contribution in [0.5, 0.6) is 0 Å². The zero-order valence-electron chi connectivity index (χ0n) is 22.8. The predicted octanol–water partition coefficient (Wildman–Crippen LogP) is 3.95. The normalized spacial score (nSPS) is 14.0. The second-order valence-electron chi connectivity index (χ2n) is 10.1. The first-order chi connectivity index (χ1) is 20.1. The number of nitrogens with zero attached hydrogens (tertiary/aromatic N) is 5. The Balaban J connectivity index is 1.66. The fraction of sp³-hybridized carbons (Fsp3) is 0.207. The van der Waals surface area contributed by atoms with Crippen molar-refractivity contribution >= 4 is 49.2 Å². The zero-order chi connectivity index (χ0) is 29.8. The number of nitro groups is 1. The average molecular weight is 587 g/mol. The van der Waals surface area contributed by atoms with Gasteiger partial charge in [-0.2, -0.15) is 0 Å². The largest absolute Gasteiger partial charge is 0.378 e. The van der Waals surface area contributed by atoms with Gasteiger partial charge in [-0.1, -0.05) is 23.8 Å². The molecule has 42 heavy (non-hydrogen) atoms. The number of ether oxygens (including phenoxy) is 1. The van der Waals surface area contributed by atoms with Crippen LogP contribution < -0.4 is 10.6 Å². The van der Waals surface area contributed by atoms with Gasteiger partial charge in [-0.3, -0.25) is 14.9 Å². The van der Waals surface area contributed by atoms with Crippen molar-refractivity contribution in [1.82, 2.24) is 13.9 Å². The molecule has 6 rings (SSSR count). The van der Waals surface area contributed by atoms with Crippen molar-refractivity contribution in [1.29, 1.82) is 0 Å². The monoisotopic (exact) mass is 586 g/mol. The van der Waals surface area contributed by atoms with Gasteiger partial charge < -0.3 is 15.4 Å². The fourth-order valence-electron chi connectivity index (χ4n) is 5.44. The molecular formula is C29H26N6O6S. The average Bonchev–Trinajstić information content (AvgIpc) is 3.28. The van der Waals surface area contributed by atoms with Crippen molar-refractivity contribution in [2.75, 3.05) is 31.2 Å². The number of carbonyl (C=O) groups excluding carboxylic acids is 1. The van der Waals surface area contributed by atoms with Crippen LogP contribution in [-0.2, 0) is 14.8 Å². The molecule has 12 nitrogen and oxygen atoms in total. The minimum Gasteiger partial charge on any atom is -0.378 e. The molecule has 4 heterocycles. The molecule has 214 valence electrons. The van der Waals surface area contributed by atoms with Gasteiger partial charge in [-0.15, -0.1) is 0 Å². The van der Waals surface area contributed by atoms with E-state index in [0.717, 1.165) is 9.54 Å². The summed E-state index contributed by atoms with van der Waals surface area (Å²) < 4.78 is 34.6. The van der Waals surface area contributed by atoms with Gasteiger partial charge in [-0.05, 0) is 49.7 Å². The van der Waals surface area contributed by atoms with Crippen LogP contribution in [-0.4, -0.2) is 59.5 Å². The van der Waals surface area contributed by atoms with E-state index in [1.54, 1.807) is 37.3 Å². The summed E-state index contributed by atoms with van der Waals surface area (Å²) in [6.07, 6.45) is 2.50. The molecule has 1 fully saturated rings. The van der Waals surface area contributed by atoms with E-state index in [9.17, 15) is 23.3 Å². The second kappa shape index (κ2) is 10.2. The van der Waals surface area contributed by atoms with Gasteiger partial charge in [0, 0.05) is 41.3 Å². The van der Waals surface area contributed by atoms with Gasteiger partial charge in [0.15, 0.2) is 5.65 Å². The molecule has 0 unspecified atom stereocenters. The number of aromatic nitrogens is 3. The molecule has 0 saturated carbocycles. The van der Waals surface area contributed by atoms with Gasteiger partial charge in [0.1, 0.15) is 11.9 Å². The molecule has 0 aliphatic carbocycles. The summed E-state index contributed by atoms with van der Waals surface area (Å²) in [6.45, 7) is 5.29. The summed E-state index contributed by atoms with van der Waals surface area (Å²) in [6, 6.07) is 13.3. The van der Waals surface area contributed by atoms with Gasteiger partial charge >= 0.3 is 5.69 Å². The summed E-state index contributed by atoms with van der Waals surface area (Å²) in [5.41, 5.74) is 8.94. The fourth-order valence-corrected chi connectivity index (χ4v) is 6.96. The van der Waals surface area contributed by atoms with E-state index in [1.807, 2.05) is 11.8 Å². The highest BCUT2D eigenvalue weighted by atomic mass is 32.2. The molecule has 0 bridgehead atoms. The van der Waals surface area contributed by atoms with Crippen LogP contribution in [0.3, 0.4) is 0 Å². The van der Waals surface area contributed by atoms with E-state index in [0.29, 0.717) is 65.1 Å². The number of aryl methyl sites for hydroxylation is 1. The highest BCUT2D eigenvalue weighted by Crippen LogP contribution is 2.41. The maximum absolute atomic E-state index is 14.0. The molecule has 1 saturated heterocycles. The molecule has 0 spiro atoms. The number of carbonyl (C=O) groups is 1. The van der Waals surface area contributed by atoms with Crippen LogP contribution in [0.25, 0.3) is 33.1 Å². The number of anilines is 1. The molecule has 13 heteroatoms. The van der Waals surface area contributed by atoms with Gasteiger partial charge in [0.2, 0.25) is 5.91 Å². The van der Waals surface area contributed by atoms with Crippen LogP contribution >= 0.6 is 0 Å². The molecular weight excluding hydrogens is 560 g/mol. The molecule has 0 radical (unpaired) electrons. The molecule has 5 aromatic rings. The third-order valence-electron chi connectivity index (χ3n) is 7.47. The summed E-state index contributed by atoms with van der Waals surface area (Å²) in [7, 11) is -4.10. The summed E-state index contributed by atoms with van der Waals surface area (Å²) in [5.74, 6) is -0.713. The Bertz CT molecular complexity index is 2010. The number of fused-ring (bicyclic) bond motifs is 2. The molecule has 3 aromatic heterocycles. The Morgan fingerprint density at radius 1 is 1.00 bits per heavy atom. The first-order valence-corrected chi connectivity index (χ1v) is 14.5. The lowest BCUT2D eigenvalue weighted by Crippen LogP contribution is -2.36. The van der Waals surface area contributed by atoms with E-state index in [4.69, 9.17) is 10.5 Å². The zero-order valence-corrected chi connectivity index (χ0v) is 23.6. The maximum Gasteiger partial charge on any atom is 0.311 e. The molecule has 0 atom stereocenters. The summed E-state index contributed by atoms with van der Waals surface area (Å²) >= 11 is 0. The third kappa shape index (κ3) is 4.43. The first kappa shape index (κ1) is 27.3.